The minimum absolute atomic E-state index is 0.487. The number of thiazole rings is 1. The molecule has 0 saturated carbocycles. The van der Waals surface area contributed by atoms with Gasteiger partial charge in [0.1, 0.15) is 10.8 Å². The van der Waals surface area contributed by atoms with Crippen molar-refractivity contribution in [1.82, 2.24) is 24.3 Å². The van der Waals surface area contributed by atoms with Gasteiger partial charge in [0.2, 0.25) is 0 Å². The molecule has 0 radical (unpaired) electrons. The predicted octanol–water partition coefficient (Wildman–Crippen LogP) is 2.36. The van der Waals surface area contributed by atoms with E-state index in [-0.39, 0.29) is 0 Å². The monoisotopic (exact) mass is 331 g/mol. The standard InChI is InChI=1S/C17H25N5S/c1-20-9-5-18-15(20)11-22-8-4-17(14-22)3-2-7-21(13-17)12-16-19-6-10-23-16/h5-6,9-10H,2-4,7-8,11-14H2,1H3. The number of hydrogen-bond donors (Lipinski definition) is 0. The van der Waals surface area contributed by atoms with Gasteiger partial charge in [-0.15, -0.1) is 11.3 Å². The topological polar surface area (TPSA) is 37.2 Å². The van der Waals surface area contributed by atoms with E-state index in [9.17, 15) is 0 Å². The predicted molar refractivity (Wildman–Crippen MR) is 92.2 cm³/mol. The molecule has 2 aliphatic rings. The van der Waals surface area contributed by atoms with Crippen LogP contribution in [0.3, 0.4) is 0 Å². The van der Waals surface area contributed by atoms with Gasteiger partial charge in [-0.1, -0.05) is 0 Å². The Morgan fingerprint density at radius 3 is 2.70 bits per heavy atom. The van der Waals surface area contributed by atoms with E-state index in [4.69, 9.17) is 0 Å². The number of aromatic nitrogens is 3. The fourth-order valence-electron chi connectivity index (χ4n) is 4.21. The summed E-state index contributed by atoms with van der Waals surface area (Å²) in [4.78, 5) is 14.1. The van der Waals surface area contributed by atoms with Crippen LogP contribution in [0.15, 0.2) is 24.0 Å². The molecule has 23 heavy (non-hydrogen) atoms. The lowest BCUT2D eigenvalue weighted by molar-refractivity contribution is 0.0862. The highest BCUT2D eigenvalue weighted by atomic mass is 32.1. The van der Waals surface area contributed by atoms with Crippen LogP contribution >= 0.6 is 11.3 Å². The lowest BCUT2D eigenvalue weighted by Crippen LogP contribution is -2.44. The first kappa shape index (κ1) is 15.3. The lowest BCUT2D eigenvalue weighted by Gasteiger charge is -2.40. The van der Waals surface area contributed by atoms with Crippen molar-refractivity contribution >= 4 is 11.3 Å². The fourth-order valence-corrected chi connectivity index (χ4v) is 4.87. The average molecular weight is 331 g/mol. The molecular formula is C17H25N5S. The molecule has 124 valence electrons. The molecule has 0 aromatic carbocycles. The minimum Gasteiger partial charge on any atom is -0.337 e. The average Bonchev–Trinajstić information content (AvgIpc) is 3.25. The highest BCUT2D eigenvalue weighted by molar-refractivity contribution is 7.09. The van der Waals surface area contributed by atoms with E-state index in [2.05, 4.69) is 36.8 Å². The second-order valence-corrected chi connectivity index (χ2v) is 8.13. The molecule has 0 bridgehead atoms. The Morgan fingerprint density at radius 2 is 1.96 bits per heavy atom. The molecule has 0 amide bonds. The Hall–Kier alpha value is -1.24. The molecule has 2 saturated heterocycles. The maximum atomic E-state index is 4.48. The second-order valence-electron chi connectivity index (χ2n) is 7.16. The zero-order chi connectivity index (χ0) is 15.7. The first-order valence-electron chi connectivity index (χ1n) is 8.52. The maximum Gasteiger partial charge on any atom is 0.122 e. The molecule has 1 spiro atoms. The molecular weight excluding hydrogens is 306 g/mol. The molecule has 0 N–H and O–H groups in total. The second kappa shape index (κ2) is 6.34. The van der Waals surface area contributed by atoms with Gasteiger partial charge in [0.25, 0.3) is 0 Å². The van der Waals surface area contributed by atoms with Crippen LogP contribution in [0, 0.1) is 5.41 Å². The number of hydrogen-bond acceptors (Lipinski definition) is 5. The quantitative estimate of drug-likeness (QED) is 0.862. The van der Waals surface area contributed by atoms with E-state index in [1.165, 1.54) is 56.3 Å². The molecule has 2 aromatic rings. The van der Waals surface area contributed by atoms with Crippen molar-refractivity contribution < 1.29 is 0 Å². The van der Waals surface area contributed by atoms with E-state index < -0.39 is 0 Å². The van der Waals surface area contributed by atoms with Gasteiger partial charge in [0.05, 0.1) is 13.1 Å². The van der Waals surface area contributed by atoms with Crippen LogP contribution in [0.5, 0.6) is 0 Å². The fraction of sp³-hybridized carbons (Fsp3) is 0.647. The number of rotatable bonds is 4. The highest BCUT2D eigenvalue weighted by Gasteiger charge is 2.41. The van der Waals surface area contributed by atoms with Crippen molar-refractivity contribution in [1.29, 1.82) is 0 Å². The summed E-state index contributed by atoms with van der Waals surface area (Å²) in [5.41, 5.74) is 0.487. The zero-order valence-electron chi connectivity index (χ0n) is 13.8. The number of imidazole rings is 1. The normalized spacial score (nSPS) is 26.3. The van der Waals surface area contributed by atoms with Gasteiger partial charge in [0, 0.05) is 44.1 Å². The number of likely N-dealkylation sites (tertiary alicyclic amines) is 2. The van der Waals surface area contributed by atoms with Crippen molar-refractivity contribution in [3.8, 4) is 0 Å². The number of aryl methyl sites for hydroxylation is 1. The van der Waals surface area contributed by atoms with Gasteiger partial charge < -0.3 is 4.57 Å². The summed E-state index contributed by atoms with van der Waals surface area (Å²) in [6.07, 6.45) is 9.88. The largest absolute Gasteiger partial charge is 0.337 e. The van der Waals surface area contributed by atoms with Gasteiger partial charge in [-0.3, -0.25) is 9.80 Å². The zero-order valence-corrected chi connectivity index (χ0v) is 14.6. The first-order chi connectivity index (χ1) is 11.2. The molecule has 0 aliphatic carbocycles. The maximum absolute atomic E-state index is 4.48. The Kier molecular flexibility index (Phi) is 4.22. The van der Waals surface area contributed by atoms with Crippen LogP contribution in [0.1, 0.15) is 30.1 Å². The van der Waals surface area contributed by atoms with Gasteiger partial charge >= 0.3 is 0 Å². The molecule has 6 heteroatoms. The molecule has 2 fully saturated rings. The van der Waals surface area contributed by atoms with Gasteiger partial charge in [-0.05, 0) is 37.8 Å². The smallest absolute Gasteiger partial charge is 0.122 e. The van der Waals surface area contributed by atoms with E-state index in [0.717, 1.165) is 13.1 Å². The van der Waals surface area contributed by atoms with Crippen molar-refractivity contribution in [2.24, 2.45) is 12.5 Å². The molecule has 2 aliphatic heterocycles. The molecule has 1 atom stereocenters. The number of nitrogens with zero attached hydrogens (tertiary/aromatic N) is 5. The molecule has 5 nitrogen and oxygen atoms in total. The summed E-state index contributed by atoms with van der Waals surface area (Å²) in [6.45, 7) is 6.88. The van der Waals surface area contributed by atoms with Crippen LogP contribution in [0.2, 0.25) is 0 Å². The number of piperidine rings is 1. The van der Waals surface area contributed by atoms with E-state index in [0.29, 0.717) is 5.41 Å². The van der Waals surface area contributed by atoms with Crippen molar-refractivity contribution in [3.05, 3.63) is 34.8 Å². The van der Waals surface area contributed by atoms with Gasteiger partial charge in [-0.2, -0.15) is 0 Å². The Labute approximate surface area is 142 Å². The van der Waals surface area contributed by atoms with Crippen molar-refractivity contribution in [2.75, 3.05) is 26.2 Å². The van der Waals surface area contributed by atoms with Crippen LogP contribution < -0.4 is 0 Å². The Balaban J connectivity index is 1.38. The molecule has 4 rings (SSSR count). The summed E-state index contributed by atoms with van der Waals surface area (Å²) in [6, 6.07) is 0. The third kappa shape index (κ3) is 3.34. The Morgan fingerprint density at radius 1 is 1.09 bits per heavy atom. The van der Waals surface area contributed by atoms with Gasteiger partial charge in [-0.25, -0.2) is 9.97 Å². The summed E-state index contributed by atoms with van der Waals surface area (Å²) < 4.78 is 2.14. The summed E-state index contributed by atoms with van der Waals surface area (Å²) in [7, 11) is 2.09. The van der Waals surface area contributed by atoms with Crippen LogP contribution in [-0.2, 0) is 20.1 Å². The lowest BCUT2D eigenvalue weighted by atomic mass is 9.79. The summed E-state index contributed by atoms with van der Waals surface area (Å²) in [5.74, 6) is 1.18. The van der Waals surface area contributed by atoms with E-state index >= 15 is 0 Å². The third-order valence-electron chi connectivity index (χ3n) is 5.39. The van der Waals surface area contributed by atoms with Crippen molar-refractivity contribution in [3.63, 3.8) is 0 Å². The van der Waals surface area contributed by atoms with E-state index in [1.54, 1.807) is 11.3 Å². The highest BCUT2D eigenvalue weighted by Crippen LogP contribution is 2.39. The van der Waals surface area contributed by atoms with Crippen LogP contribution in [-0.4, -0.2) is 50.5 Å². The SMILES string of the molecule is Cn1ccnc1CN1CCC2(CCCN(Cc3nccs3)C2)C1. The van der Waals surface area contributed by atoms with Crippen LogP contribution in [0.25, 0.3) is 0 Å². The first-order valence-corrected chi connectivity index (χ1v) is 9.40. The molecule has 2 aromatic heterocycles. The molecule has 1 unspecified atom stereocenters. The Bertz CT molecular complexity index is 637. The van der Waals surface area contributed by atoms with Crippen molar-refractivity contribution in [2.45, 2.75) is 32.4 Å². The van der Waals surface area contributed by atoms with Crippen LogP contribution in [0.4, 0.5) is 0 Å². The third-order valence-corrected chi connectivity index (χ3v) is 6.15. The molecule has 4 heterocycles. The van der Waals surface area contributed by atoms with Gasteiger partial charge in [0.15, 0.2) is 0 Å². The summed E-state index contributed by atoms with van der Waals surface area (Å²) in [5, 5.41) is 3.34. The summed E-state index contributed by atoms with van der Waals surface area (Å²) >= 11 is 1.78. The minimum atomic E-state index is 0.487. The van der Waals surface area contributed by atoms with E-state index in [1.807, 2.05) is 18.6 Å².